The van der Waals surface area contributed by atoms with Crippen LogP contribution in [0.15, 0.2) is 60.2 Å². The number of nitriles is 1. The van der Waals surface area contributed by atoms with Crippen LogP contribution in [0.4, 0.5) is 11.4 Å². The van der Waals surface area contributed by atoms with Gasteiger partial charge in [-0.25, -0.2) is 0 Å². The molecular weight excluding hydrogens is 509 g/mol. The van der Waals surface area contributed by atoms with E-state index in [2.05, 4.69) is 10.6 Å². The van der Waals surface area contributed by atoms with Gasteiger partial charge in [0.15, 0.2) is 12.4 Å². The molecule has 178 valence electrons. The standard InChI is InChI=1S/C26H20Cl3N3O3/c1-15-7-8-19(12-20(15)27)31-24(33)14-35-25-21(28)10-17(11-22(25)29)9-18(13-30)26(34)32-23-6-4-3-5-16(23)2/h3-12H,14H2,1-2H3,(H,31,33)(H,32,34)/b18-9-. The monoisotopic (exact) mass is 527 g/mol. The molecule has 3 aromatic carbocycles. The summed E-state index contributed by atoms with van der Waals surface area (Å²) >= 11 is 18.7. The minimum absolute atomic E-state index is 0.102. The summed E-state index contributed by atoms with van der Waals surface area (Å²) in [6.45, 7) is 3.36. The quantitative estimate of drug-likeness (QED) is 0.260. The van der Waals surface area contributed by atoms with Crippen LogP contribution in [0, 0.1) is 25.2 Å². The van der Waals surface area contributed by atoms with E-state index in [1.807, 2.05) is 32.0 Å². The van der Waals surface area contributed by atoms with Crippen LogP contribution < -0.4 is 15.4 Å². The van der Waals surface area contributed by atoms with E-state index in [1.165, 1.54) is 18.2 Å². The maximum Gasteiger partial charge on any atom is 0.266 e. The van der Waals surface area contributed by atoms with Crippen LogP contribution in [-0.4, -0.2) is 18.4 Å². The summed E-state index contributed by atoms with van der Waals surface area (Å²) in [4.78, 5) is 24.8. The number of hydrogen-bond acceptors (Lipinski definition) is 4. The average Bonchev–Trinajstić information content (AvgIpc) is 2.80. The maximum atomic E-state index is 12.6. The van der Waals surface area contributed by atoms with Crippen LogP contribution >= 0.6 is 34.8 Å². The topological polar surface area (TPSA) is 91.2 Å². The molecule has 0 aliphatic rings. The minimum atomic E-state index is -0.567. The molecule has 35 heavy (non-hydrogen) atoms. The van der Waals surface area contributed by atoms with E-state index < -0.39 is 11.8 Å². The normalized spacial score (nSPS) is 10.9. The van der Waals surface area contributed by atoms with Gasteiger partial charge in [-0.15, -0.1) is 0 Å². The van der Waals surface area contributed by atoms with Gasteiger partial charge in [0.05, 0.1) is 10.0 Å². The number of halogens is 3. The molecule has 3 aromatic rings. The molecule has 0 aliphatic carbocycles. The van der Waals surface area contributed by atoms with Crippen molar-refractivity contribution in [2.45, 2.75) is 13.8 Å². The summed E-state index contributed by atoms with van der Waals surface area (Å²) in [5.41, 5.74) is 3.17. The smallest absolute Gasteiger partial charge is 0.266 e. The lowest BCUT2D eigenvalue weighted by atomic mass is 10.1. The van der Waals surface area contributed by atoms with Crippen molar-refractivity contribution in [1.82, 2.24) is 0 Å². The number of anilines is 2. The highest BCUT2D eigenvalue weighted by atomic mass is 35.5. The molecule has 2 N–H and O–H groups in total. The molecule has 0 radical (unpaired) electrons. The molecule has 0 aliphatic heterocycles. The van der Waals surface area contributed by atoms with Gasteiger partial charge in [-0.05, 0) is 66.9 Å². The van der Waals surface area contributed by atoms with Gasteiger partial charge in [0, 0.05) is 16.4 Å². The predicted molar refractivity (Wildman–Crippen MR) is 140 cm³/mol. The number of aryl methyl sites for hydroxylation is 2. The molecule has 6 nitrogen and oxygen atoms in total. The third kappa shape index (κ3) is 7.00. The van der Waals surface area contributed by atoms with Crippen LogP contribution in [0.5, 0.6) is 5.75 Å². The Balaban J connectivity index is 1.70. The number of ether oxygens (including phenoxy) is 1. The molecule has 0 spiro atoms. The van der Waals surface area contributed by atoms with Gasteiger partial charge in [0.25, 0.3) is 11.8 Å². The van der Waals surface area contributed by atoms with Gasteiger partial charge in [0.2, 0.25) is 0 Å². The fourth-order valence-corrected chi connectivity index (χ4v) is 3.82. The average molecular weight is 529 g/mol. The summed E-state index contributed by atoms with van der Waals surface area (Å²) in [5.74, 6) is -0.895. The Labute approximate surface area is 218 Å². The fourth-order valence-electron chi connectivity index (χ4n) is 3.02. The number of rotatable bonds is 7. The van der Waals surface area contributed by atoms with Gasteiger partial charge >= 0.3 is 0 Å². The lowest BCUT2D eigenvalue weighted by Gasteiger charge is -2.12. The summed E-state index contributed by atoms with van der Waals surface area (Å²) in [6.07, 6.45) is 1.36. The molecular formula is C26H20Cl3N3O3. The Bertz CT molecular complexity index is 1340. The van der Waals surface area contributed by atoms with Crippen molar-refractivity contribution in [3.05, 3.63) is 91.9 Å². The molecule has 3 rings (SSSR count). The van der Waals surface area contributed by atoms with Crippen LogP contribution in [0.2, 0.25) is 15.1 Å². The highest BCUT2D eigenvalue weighted by Crippen LogP contribution is 2.35. The first-order valence-corrected chi connectivity index (χ1v) is 11.5. The zero-order valence-electron chi connectivity index (χ0n) is 18.8. The number of amides is 2. The molecule has 0 atom stereocenters. The largest absolute Gasteiger partial charge is 0.481 e. The second kappa shape index (κ2) is 11.8. The highest BCUT2D eigenvalue weighted by Gasteiger charge is 2.15. The van der Waals surface area contributed by atoms with E-state index in [1.54, 1.807) is 30.3 Å². The highest BCUT2D eigenvalue weighted by molar-refractivity contribution is 6.37. The minimum Gasteiger partial charge on any atom is -0.481 e. The van der Waals surface area contributed by atoms with Crippen molar-refractivity contribution < 1.29 is 14.3 Å². The number of benzene rings is 3. The third-order valence-corrected chi connectivity index (χ3v) is 5.86. The molecule has 0 saturated heterocycles. The summed E-state index contributed by atoms with van der Waals surface area (Å²) in [5, 5.41) is 15.6. The van der Waals surface area contributed by atoms with Crippen LogP contribution in [0.3, 0.4) is 0 Å². The van der Waals surface area contributed by atoms with E-state index in [0.717, 1.165) is 11.1 Å². The molecule has 0 bridgehead atoms. The van der Waals surface area contributed by atoms with Crippen LogP contribution in [-0.2, 0) is 9.59 Å². The van der Waals surface area contributed by atoms with Crippen molar-refractivity contribution in [2.24, 2.45) is 0 Å². The second-order valence-corrected chi connectivity index (χ2v) is 8.77. The van der Waals surface area contributed by atoms with Gasteiger partial charge in [-0.3, -0.25) is 9.59 Å². The Morgan fingerprint density at radius 2 is 1.63 bits per heavy atom. The first-order chi connectivity index (χ1) is 16.7. The Morgan fingerprint density at radius 3 is 2.26 bits per heavy atom. The van der Waals surface area contributed by atoms with Gasteiger partial charge < -0.3 is 15.4 Å². The van der Waals surface area contributed by atoms with Gasteiger partial charge in [-0.2, -0.15) is 5.26 Å². The third-order valence-electron chi connectivity index (χ3n) is 4.89. The molecule has 0 fully saturated rings. The maximum absolute atomic E-state index is 12.6. The van der Waals surface area contributed by atoms with E-state index in [-0.39, 0.29) is 28.0 Å². The summed E-state index contributed by atoms with van der Waals surface area (Å²) in [7, 11) is 0. The number of carbonyl (C=O) groups is 2. The Hall–Kier alpha value is -3.50. The Kier molecular flexibility index (Phi) is 8.78. The van der Waals surface area contributed by atoms with Crippen molar-refractivity contribution in [3.63, 3.8) is 0 Å². The molecule has 0 saturated carbocycles. The summed E-state index contributed by atoms with van der Waals surface area (Å²) in [6, 6.07) is 17.2. The van der Waals surface area contributed by atoms with Gasteiger partial charge in [0.1, 0.15) is 11.6 Å². The lowest BCUT2D eigenvalue weighted by molar-refractivity contribution is -0.118. The molecule has 2 amide bonds. The van der Waals surface area contributed by atoms with E-state index in [4.69, 9.17) is 39.5 Å². The number of nitrogens with zero attached hydrogens (tertiary/aromatic N) is 1. The summed E-state index contributed by atoms with van der Waals surface area (Å²) < 4.78 is 5.51. The van der Waals surface area contributed by atoms with E-state index in [9.17, 15) is 14.9 Å². The zero-order chi connectivity index (χ0) is 25.5. The number of carbonyl (C=O) groups excluding carboxylic acids is 2. The number of para-hydroxylation sites is 1. The van der Waals surface area contributed by atoms with Crippen molar-refractivity contribution in [2.75, 3.05) is 17.2 Å². The van der Waals surface area contributed by atoms with Crippen molar-refractivity contribution in [1.29, 1.82) is 5.26 Å². The van der Waals surface area contributed by atoms with E-state index >= 15 is 0 Å². The van der Waals surface area contributed by atoms with Crippen LogP contribution in [0.1, 0.15) is 16.7 Å². The first kappa shape index (κ1) is 26.1. The second-order valence-electron chi connectivity index (χ2n) is 7.55. The number of nitrogens with one attached hydrogen (secondary N) is 2. The SMILES string of the molecule is Cc1ccc(NC(=O)COc2c(Cl)cc(/C=C(/C#N)C(=O)Nc3ccccc3C)cc2Cl)cc1Cl. The Morgan fingerprint density at radius 1 is 0.943 bits per heavy atom. The fraction of sp³-hybridized carbons (Fsp3) is 0.115. The number of hydrogen-bond donors (Lipinski definition) is 2. The molecule has 0 aromatic heterocycles. The first-order valence-electron chi connectivity index (χ1n) is 10.3. The van der Waals surface area contributed by atoms with Crippen molar-refractivity contribution >= 4 is 64.1 Å². The lowest BCUT2D eigenvalue weighted by Crippen LogP contribution is -2.20. The molecule has 0 heterocycles. The van der Waals surface area contributed by atoms with Gasteiger partial charge in [-0.1, -0.05) is 59.1 Å². The predicted octanol–water partition coefficient (Wildman–Crippen LogP) is 6.83. The molecule has 0 unspecified atom stereocenters. The van der Waals surface area contributed by atoms with Crippen molar-refractivity contribution in [3.8, 4) is 11.8 Å². The van der Waals surface area contributed by atoms with E-state index in [0.29, 0.717) is 22.0 Å². The molecule has 9 heteroatoms. The zero-order valence-corrected chi connectivity index (χ0v) is 21.1. The van der Waals surface area contributed by atoms with Crippen LogP contribution in [0.25, 0.3) is 6.08 Å².